The number of ether oxygens (including phenoxy) is 1. The molecule has 0 saturated carbocycles. The molecular formula is C14H9BrF2N2OS. The molecule has 108 valence electrons. The number of aromatic nitrogens is 1. The summed E-state index contributed by atoms with van der Waals surface area (Å²) in [4.78, 5) is 4.22. The Balaban J connectivity index is 2.46. The van der Waals surface area contributed by atoms with Gasteiger partial charge in [-0.05, 0) is 31.2 Å². The number of halogens is 3. The molecular weight excluding hydrogens is 362 g/mol. The van der Waals surface area contributed by atoms with Crippen LogP contribution in [0.5, 0.6) is 5.75 Å². The van der Waals surface area contributed by atoms with Gasteiger partial charge in [0.2, 0.25) is 0 Å². The molecule has 0 aliphatic carbocycles. The Hall–Kier alpha value is -1.78. The average molecular weight is 371 g/mol. The van der Waals surface area contributed by atoms with Gasteiger partial charge in [-0.3, -0.25) is 0 Å². The SMILES string of the molecule is Cc1csc(C(C#N)=Cc2cc(Br)ccc2OC(F)F)n1. The predicted molar refractivity (Wildman–Crippen MR) is 81.1 cm³/mol. The minimum atomic E-state index is -2.93. The van der Waals surface area contributed by atoms with E-state index in [0.717, 1.165) is 5.69 Å². The number of rotatable bonds is 4. The van der Waals surface area contributed by atoms with E-state index in [-0.39, 0.29) is 5.75 Å². The van der Waals surface area contributed by atoms with Crippen LogP contribution in [0, 0.1) is 18.3 Å². The highest BCUT2D eigenvalue weighted by Gasteiger charge is 2.12. The molecule has 0 N–H and O–H groups in total. The van der Waals surface area contributed by atoms with Crippen molar-refractivity contribution < 1.29 is 13.5 Å². The zero-order chi connectivity index (χ0) is 15.4. The fraction of sp³-hybridized carbons (Fsp3) is 0.143. The van der Waals surface area contributed by atoms with Crippen molar-refractivity contribution >= 4 is 38.9 Å². The maximum atomic E-state index is 12.4. The molecule has 0 unspecified atom stereocenters. The molecule has 0 aliphatic heterocycles. The number of benzene rings is 1. The first-order valence-corrected chi connectivity index (χ1v) is 7.45. The Labute approximate surface area is 132 Å². The summed E-state index contributed by atoms with van der Waals surface area (Å²) in [6.45, 7) is -1.11. The molecule has 1 aromatic carbocycles. The monoisotopic (exact) mass is 370 g/mol. The summed E-state index contributed by atoms with van der Waals surface area (Å²) in [5, 5.41) is 11.6. The van der Waals surface area contributed by atoms with Crippen LogP contribution in [-0.4, -0.2) is 11.6 Å². The summed E-state index contributed by atoms with van der Waals surface area (Å²) in [5.74, 6) is 0.00854. The summed E-state index contributed by atoms with van der Waals surface area (Å²) >= 11 is 4.59. The number of hydrogen-bond acceptors (Lipinski definition) is 4. The third-order valence-corrected chi connectivity index (χ3v) is 3.94. The van der Waals surface area contributed by atoms with Crippen LogP contribution in [-0.2, 0) is 0 Å². The number of aryl methyl sites for hydroxylation is 1. The molecule has 0 bridgehead atoms. The van der Waals surface area contributed by atoms with Crippen LogP contribution < -0.4 is 4.74 Å². The number of thiazole rings is 1. The predicted octanol–water partition coefficient (Wildman–Crippen LogP) is 4.88. The van der Waals surface area contributed by atoms with Gasteiger partial charge in [0.05, 0.1) is 5.57 Å². The van der Waals surface area contributed by atoms with E-state index < -0.39 is 6.61 Å². The van der Waals surface area contributed by atoms with Gasteiger partial charge in [-0.25, -0.2) is 4.98 Å². The van der Waals surface area contributed by atoms with Gasteiger partial charge >= 0.3 is 6.61 Å². The Morgan fingerprint density at radius 1 is 1.52 bits per heavy atom. The molecule has 1 aromatic heterocycles. The zero-order valence-corrected chi connectivity index (χ0v) is 13.2. The Kier molecular flexibility index (Phi) is 5.04. The second kappa shape index (κ2) is 6.78. The van der Waals surface area contributed by atoms with E-state index in [1.807, 2.05) is 18.4 Å². The van der Waals surface area contributed by atoms with Crippen molar-refractivity contribution in [2.24, 2.45) is 0 Å². The van der Waals surface area contributed by atoms with E-state index in [1.54, 1.807) is 12.1 Å². The molecule has 1 heterocycles. The molecule has 0 aliphatic rings. The lowest BCUT2D eigenvalue weighted by Crippen LogP contribution is -2.03. The molecule has 0 spiro atoms. The molecule has 3 nitrogen and oxygen atoms in total. The van der Waals surface area contributed by atoms with Crippen molar-refractivity contribution in [3.05, 3.63) is 44.3 Å². The summed E-state index contributed by atoms with van der Waals surface area (Å²) in [6, 6.07) is 6.65. The van der Waals surface area contributed by atoms with Crippen molar-refractivity contribution in [2.45, 2.75) is 13.5 Å². The highest BCUT2D eigenvalue weighted by molar-refractivity contribution is 9.10. The average Bonchev–Trinajstić information content (AvgIpc) is 2.85. The van der Waals surface area contributed by atoms with Gasteiger partial charge in [-0.15, -0.1) is 11.3 Å². The van der Waals surface area contributed by atoms with Crippen LogP contribution in [0.2, 0.25) is 0 Å². The standard InChI is InChI=1S/C14H9BrF2N2OS/c1-8-7-21-13(19-8)10(6-18)4-9-5-11(15)2-3-12(9)20-14(16)17/h2-5,7,14H,1H3. The second-order valence-electron chi connectivity index (χ2n) is 4.02. The quantitative estimate of drug-likeness (QED) is 0.720. The number of allylic oxidation sites excluding steroid dienone is 1. The minimum absolute atomic E-state index is 0.00854. The summed E-state index contributed by atoms with van der Waals surface area (Å²) < 4.78 is 30.0. The summed E-state index contributed by atoms with van der Waals surface area (Å²) in [7, 11) is 0. The van der Waals surface area contributed by atoms with Crippen LogP contribution >= 0.6 is 27.3 Å². The smallest absolute Gasteiger partial charge is 0.387 e. The molecule has 2 aromatic rings. The molecule has 0 radical (unpaired) electrons. The van der Waals surface area contributed by atoms with Gasteiger partial charge in [0.1, 0.15) is 16.8 Å². The van der Waals surface area contributed by atoms with Gasteiger partial charge < -0.3 is 4.74 Å². The molecule has 0 saturated heterocycles. The zero-order valence-electron chi connectivity index (χ0n) is 10.8. The van der Waals surface area contributed by atoms with Crippen molar-refractivity contribution in [3.8, 4) is 11.8 Å². The van der Waals surface area contributed by atoms with Crippen molar-refractivity contribution in [2.75, 3.05) is 0 Å². The van der Waals surface area contributed by atoms with Crippen LogP contribution in [0.4, 0.5) is 8.78 Å². The van der Waals surface area contributed by atoms with Crippen LogP contribution in [0.15, 0.2) is 28.1 Å². The third-order valence-electron chi connectivity index (χ3n) is 2.46. The highest BCUT2D eigenvalue weighted by Crippen LogP contribution is 2.29. The first-order chi connectivity index (χ1) is 9.99. The van der Waals surface area contributed by atoms with E-state index in [1.165, 1.54) is 23.5 Å². The van der Waals surface area contributed by atoms with E-state index in [2.05, 4.69) is 25.7 Å². The van der Waals surface area contributed by atoms with E-state index in [0.29, 0.717) is 20.6 Å². The molecule has 7 heteroatoms. The van der Waals surface area contributed by atoms with Gasteiger partial charge in [-0.2, -0.15) is 14.0 Å². The largest absolute Gasteiger partial charge is 0.434 e. The fourth-order valence-electron chi connectivity index (χ4n) is 1.61. The first-order valence-electron chi connectivity index (χ1n) is 5.78. The minimum Gasteiger partial charge on any atom is -0.434 e. The second-order valence-corrected chi connectivity index (χ2v) is 5.80. The van der Waals surface area contributed by atoms with Crippen molar-refractivity contribution in [1.29, 1.82) is 5.26 Å². The van der Waals surface area contributed by atoms with Gasteiger partial charge in [0, 0.05) is 21.1 Å². The number of alkyl halides is 2. The lowest BCUT2D eigenvalue weighted by atomic mass is 10.1. The Morgan fingerprint density at radius 2 is 2.29 bits per heavy atom. The highest BCUT2D eigenvalue weighted by atomic mass is 79.9. The first kappa shape index (κ1) is 15.6. The summed E-state index contributed by atoms with van der Waals surface area (Å²) in [5.41, 5.74) is 1.48. The summed E-state index contributed by atoms with van der Waals surface area (Å²) in [6.07, 6.45) is 1.49. The Morgan fingerprint density at radius 3 is 2.86 bits per heavy atom. The molecule has 0 atom stereocenters. The number of nitrogens with zero attached hydrogens (tertiary/aromatic N) is 2. The van der Waals surface area contributed by atoms with Crippen LogP contribution in [0.25, 0.3) is 11.6 Å². The molecule has 21 heavy (non-hydrogen) atoms. The van der Waals surface area contributed by atoms with E-state index >= 15 is 0 Å². The number of hydrogen-bond donors (Lipinski definition) is 0. The van der Waals surface area contributed by atoms with Gasteiger partial charge in [0.15, 0.2) is 0 Å². The van der Waals surface area contributed by atoms with Gasteiger partial charge in [-0.1, -0.05) is 15.9 Å². The van der Waals surface area contributed by atoms with Crippen molar-refractivity contribution in [3.63, 3.8) is 0 Å². The Bertz CT molecular complexity index is 722. The number of nitriles is 1. The maximum absolute atomic E-state index is 12.4. The van der Waals surface area contributed by atoms with Crippen LogP contribution in [0.1, 0.15) is 16.3 Å². The van der Waals surface area contributed by atoms with Crippen molar-refractivity contribution in [1.82, 2.24) is 4.98 Å². The maximum Gasteiger partial charge on any atom is 0.387 e. The lowest BCUT2D eigenvalue weighted by Gasteiger charge is -2.08. The molecule has 0 fully saturated rings. The van der Waals surface area contributed by atoms with E-state index in [4.69, 9.17) is 0 Å². The van der Waals surface area contributed by atoms with E-state index in [9.17, 15) is 14.0 Å². The molecule has 2 rings (SSSR count). The van der Waals surface area contributed by atoms with Gasteiger partial charge in [0.25, 0.3) is 0 Å². The lowest BCUT2D eigenvalue weighted by molar-refractivity contribution is -0.0499. The molecule has 0 amide bonds. The van der Waals surface area contributed by atoms with Crippen LogP contribution in [0.3, 0.4) is 0 Å². The fourth-order valence-corrected chi connectivity index (χ4v) is 2.75. The topological polar surface area (TPSA) is 45.9 Å². The normalized spacial score (nSPS) is 11.5. The third kappa shape index (κ3) is 4.09.